The normalized spacial score (nSPS) is 23.7. The van der Waals surface area contributed by atoms with E-state index in [1.807, 2.05) is 6.07 Å². The lowest BCUT2D eigenvalue weighted by Gasteiger charge is -2.43. The number of carbonyl (C=O) groups is 1. The largest absolute Gasteiger partial charge is 0.481 e. The summed E-state index contributed by atoms with van der Waals surface area (Å²) in [5, 5.41) is 3.16. The van der Waals surface area contributed by atoms with Crippen molar-refractivity contribution in [3.05, 3.63) is 47.9 Å². The van der Waals surface area contributed by atoms with Gasteiger partial charge in [0.05, 0.1) is 24.5 Å². The number of amides is 1. The minimum Gasteiger partial charge on any atom is -0.481 e. The molecule has 1 N–H and O–H groups in total. The highest BCUT2D eigenvalue weighted by Gasteiger charge is 2.43. The van der Waals surface area contributed by atoms with Gasteiger partial charge in [-0.25, -0.2) is 9.97 Å². The molecule has 2 aromatic heterocycles. The number of ether oxygens (including phenoxy) is 2. The number of pyridine rings is 2. The third-order valence-electron chi connectivity index (χ3n) is 8.03. The minimum atomic E-state index is -4.70. The number of alkyl halides is 3. The topological polar surface area (TPSA) is 83.1 Å². The summed E-state index contributed by atoms with van der Waals surface area (Å²) in [5.41, 5.74) is 1.13. The van der Waals surface area contributed by atoms with E-state index in [2.05, 4.69) is 31.7 Å². The van der Waals surface area contributed by atoms with Crippen molar-refractivity contribution < 1.29 is 27.4 Å². The van der Waals surface area contributed by atoms with E-state index in [1.165, 1.54) is 6.08 Å². The number of aromatic nitrogens is 2. The van der Waals surface area contributed by atoms with Crippen LogP contribution in [0.25, 0.3) is 0 Å². The molecule has 208 valence electrons. The van der Waals surface area contributed by atoms with Crippen molar-refractivity contribution in [2.24, 2.45) is 0 Å². The lowest BCUT2D eigenvalue weighted by atomic mass is 9.92. The second-order valence-corrected chi connectivity index (χ2v) is 10.4. The highest BCUT2D eigenvalue weighted by molar-refractivity contribution is 5.87. The van der Waals surface area contributed by atoms with Gasteiger partial charge in [0.2, 0.25) is 5.91 Å². The zero-order valence-corrected chi connectivity index (χ0v) is 21.7. The second kappa shape index (κ2) is 9.98. The molecule has 0 aromatic carbocycles. The summed E-state index contributed by atoms with van der Waals surface area (Å²) in [5.74, 6) is -0.0863. The molecule has 0 aliphatic carbocycles. The van der Waals surface area contributed by atoms with Gasteiger partial charge in [-0.1, -0.05) is 6.58 Å². The van der Waals surface area contributed by atoms with Gasteiger partial charge in [-0.15, -0.1) is 0 Å². The maximum absolute atomic E-state index is 14.3. The van der Waals surface area contributed by atoms with Gasteiger partial charge in [0.15, 0.2) is 11.4 Å². The molecular formula is C27H31F3N6O3. The van der Waals surface area contributed by atoms with E-state index in [0.717, 1.165) is 12.1 Å². The highest BCUT2D eigenvalue weighted by atomic mass is 19.4. The third-order valence-corrected chi connectivity index (χ3v) is 8.03. The number of rotatable bonds is 4. The monoisotopic (exact) mass is 544 g/mol. The van der Waals surface area contributed by atoms with Gasteiger partial charge in [-0.3, -0.25) is 9.69 Å². The fourth-order valence-corrected chi connectivity index (χ4v) is 5.94. The van der Waals surface area contributed by atoms with Gasteiger partial charge in [0, 0.05) is 68.8 Å². The average molecular weight is 545 g/mol. The summed E-state index contributed by atoms with van der Waals surface area (Å²) < 4.78 is 54.4. The van der Waals surface area contributed by atoms with Gasteiger partial charge in [0.25, 0.3) is 0 Å². The van der Waals surface area contributed by atoms with Gasteiger partial charge < -0.3 is 24.6 Å². The molecule has 0 bridgehead atoms. The van der Waals surface area contributed by atoms with E-state index in [0.29, 0.717) is 69.6 Å². The molecule has 2 atom stereocenters. The first-order valence-electron chi connectivity index (χ1n) is 13.3. The van der Waals surface area contributed by atoms with Crippen LogP contribution in [0.1, 0.15) is 42.3 Å². The molecule has 0 unspecified atom stereocenters. The molecule has 9 nitrogen and oxygen atoms in total. The van der Waals surface area contributed by atoms with Crippen molar-refractivity contribution in [2.75, 3.05) is 62.7 Å². The smallest absolute Gasteiger partial charge is 0.437 e. The van der Waals surface area contributed by atoms with Crippen LogP contribution < -0.4 is 15.0 Å². The quantitative estimate of drug-likeness (QED) is 0.584. The lowest BCUT2D eigenvalue weighted by Crippen LogP contribution is -2.52. The number of carbonyl (C=O) groups excluding carboxylic acids is 1. The molecule has 4 aliphatic rings. The summed E-state index contributed by atoms with van der Waals surface area (Å²) >= 11 is 0. The van der Waals surface area contributed by atoms with Gasteiger partial charge >= 0.3 is 6.18 Å². The van der Waals surface area contributed by atoms with Crippen LogP contribution in [-0.2, 0) is 15.7 Å². The Balaban J connectivity index is 1.28. The van der Waals surface area contributed by atoms with E-state index in [1.54, 1.807) is 24.1 Å². The van der Waals surface area contributed by atoms with E-state index in [-0.39, 0.29) is 29.3 Å². The number of nitrogens with one attached hydrogen (secondary N) is 1. The number of fused-ring (bicyclic) bond motifs is 2. The zero-order valence-electron chi connectivity index (χ0n) is 21.7. The van der Waals surface area contributed by atoms with Crippen LogP contribution in [0.15, 0.2) is 31.0 Å². The Kier molecular flexibility index (Phi) is 6.62. The van der Waals surface area contributed by atoms with Crippen LogP contribution in [0, 0.1) is 0 Å². The van der Waals surface area contributed by atoms with Crippen molar-refractivity contribution in [3.63, 3.8) is 0 Å². The fourth-order valence-electron chi connectivity index (χ4n) is 5.94. The molecule has 3 fully saturated rings. The van der Waals surface area contributed by atoms with Crippen molar-refractivity contribution in [1.82, 2.24) is 19.8 Å². The molecule has 0 saturated carbocycles. The number of likely N-dealkylation sites (tertiary alicyclic amines) is 2. The number of halogens is 3. The van der Waals surface area contributed by atoms with E-state index in [4.69, 9.17) is 9.47 Å². The zero-order chi connectivity index (χ0) is 27.3. The Labute approximate surface area is 224 Å². The first-order valence-corrected chi connectivity index (χ1v) is 13.3. The Morgan fingerprint density at radius 3 is 2.69 bits per heavy atom. The SMILES string of the molecule is C=CC(=O)N1CC[C@@H](N2CC(c3cc4c(c(C(F)(F)F)n3)O[C@H](C)c3c(N5CCOCC5)ccnc3N4)C2)C1. The number of nitrogens with zero attached hydrogens (tertiary/aromatic N) is 5. The number of hydrogen-bond donors (Lipinski definition) is 1. The van der Waals surface area contributed by atoms with Crippen molar-refractivity contribution in [1.29, 1.82) is 0 Å². The average Bonchev–Trinajstić information content (AvgIpc) is 3.32. The lowest BCUT2D eigenvalue weighted by molar-refractivity contribution is -0.143. The number of anilines is 3. The van der Waals surface area contributed by atoms with Crippen molar-refractivity contribution in [2.45, 2.75) is 37.6 Å². The van der Waals surface area contributed by atoms with Crippen LogP contribution in [-0.4, -0.2) is 84.2 Å². The molecule has 39 heavy (non-hydrogen) atoms. The summed E-state index contributed by atoms with van der Waals surface area (Å²) in [6.07, 6.45) is -1.58. The van der Waals surface area contributed by atoms with Crippen LogP contribution in [0.3, 0.4) is 0 Å². The molecule has 6 rings (SSSR count). The molecule has 4 aliphatic heterocycles. The molecule has 0 spiro atoms. The molecular weight excluding hydrogens is 513 g/mol. The van der Waals surface area contributed by atoms with Crippen LogP contribution in [0.2, 0.25) is 0 Å². The molecule has 6 heterocycles. The number of hydrogen-bond acceptors (Lipinski definition) is 8. The molecule has 12 heteroatoms. The first-order chi connectivity index (χ1) is 18.7. The van der Waals surface area contributed by atoms with Crippen LogP contribution in [0.4, 0.5) is 30.4 Å². The van der Waals surface area contributed by atoms with Crippen molar-refractivity contribution >= 4 is 23.1 Å². The van der Waals surface area contributed by atoms with Gasteiger partial charge in [-0.05, 0) is 31.6 Å². The van der Waals surface area contributed by atoms with Crippen LogP contribution in [0.5, 0.6) is 5.75 Å². The van der Waals surface area contributed by atoms with Crippen molar-refractivity contribution in [3.8, 4) is 5.75 Å². The summed E-state index contributed by atoms with van der Waals surface area (Å²) in [7, 11) is 0. The Bertz CT molecular complexity index is 1280. The first kappa shape index (κ1) is 25.9. The predicted octanol–water partition coefficient (Wildman–Crippen LogP) is 3.72. The molecule has 0 radical (unpaired) electrons. The van der Waals surface area contributed by atoms with Crippen LogP contribution >= 0.6 is 0 Å². The van der Waals surface area contributed by atoms with E-state index < -0.39 is 18.0 Å². The Morgan fingerprint density at radius 1 is 1.21 bits per heavy atom. The second-order valence-electron chi connectivity index (χ2n) is 10.4. The van der Waals surface area contributed by atoms with E-state index in [9.17, 15) is 18.0 Å². The fraction of sp³-hybridized carbons (Fsp3) is 0.519. The summed E-state index contributed by atoms with van der Waals surface area (Å²) in [6, 6.07) is 3.72. The highest BCUT2D eigenvalue weighted by Crippen LogP contribution is 2.48. The molecule has 3 saturated heterocycles. The molecule has 2 aromatic rings. The van der Waals surface area contributed by atoms with Gasteiger partial charge in [0.1, 0.15) is 11.9 Å². The standard InChI is InChI=1S/C27H31F3N6O3/c1-3-22(37)35-7-5-18(15-35)36-13-17(14-36)19-12-20-24(25(32-19)27(28,29)30)39-16(2)23-21(4-6-31-26(23)33-20)34-8-10-38-11-9-34/h3-4,6,12,16-18H,1,5,7-11,13-15H2,2H3,(H,31,33)/t16-,18-/m1/s1. The Hall–Kier alpha value is -3.38. The van der Waals surface area contributed by atoms with Gasteiger partial charge in [-0.2, -0.15) is 13.2 Å². The summed E-state index contributed by atoms with van der Waals surface area (Å²) in [6.45, 7) is 10.2. The third kappa shape index (κ3) is 4.80. The maximum Gasteiger partial charge on any atom is 0.437 e. The minimum absolute atomic E-state index is 0.0946. The predicted molar refractivity (Wildman–Crippen MR) is 138 cm³/mol. The van der Waals surface area contributed by atoms with E-state index >= 15 is 0 Å². The molecule has 1 amide bonds. The Morgan fingerprint density at radius 2 is 1.97 bits per heavy atom. The maximum atomic E-state index is 14.3. The summed E-state index contributed by atoms with van der Waals surface area (Å²) in [4.78, 5) is 26.6. The number of morpholine rings is 1.